The first-order valence-electron chi connectivity index (χ1n) is 7.12. The van der Waals surface area contributed by atoms with Gasteiger partial charge in [0, 0.05) is 24.7 Å². The molecule has 9 nitrogen and oxygen atoms in total. The summed E-state index contributed by atoms with van der Waals surface area (Å²) >= 11 is 0. The molecule has 2 amide bonds. The summed E-state index contributed by atoms with van der Waals surface area (Å²) in [6.07, 6.45) is 0.616. The Morgan fingerprint density at radius 3 is 2.88 bits per heavy atom. The van der Waals surface area contributed by atoms with Crippen LogP contribution in [0.2, 0.25) is 0 Å². The molecule has 1 unspecified atom stereocenters. The molecular weight excluding hydrogens is 340 g/mol. The molecule has 1 heterocycles. The number of nitrogens with two attached hydrogens (primary N) is 1. The summed E-state index contributed by atoms with van der Waals surface area (Å²) in [5.74, 6) is -0.461. The van der Waals surface area contributed by atoms with Crippen LogP contribution in [0.15, 0.2) is 18.2 Å². The fourth-order valence-electron chi connectivity index (χ4n) is 2.12. The standard InChI is InChI=1S/C14H18N4O5.ClH/c1-9(15)4-5-16-13(19)7-17-11-6-10(18(21)22)2-3-12(11)23-8-14(17)20;/h2-3,6,9H,4-5,7-8,15H2,1H3,(H,16,19);1H. The molecule has 1 atom stereocenters. The van der Waals surface area contributed by atoms with Gasteiger partial charge in [-0.05, 0) is 19.4 Å². The summed E-state index contributed by atoms with van der Waals surface area (Å²) in [4.78, 5) is 35.4. The molecule has 24 heavy (non-hydrogen) atoms. The number of carbonyl (C=O) groups is 2. The third kappa shape index (κ3) is 4.80. The van der Waals surface area contributed by atoms with Crippen LogP contribution in [0.5, 0.6) is 5.75 Å². The van der Waals surface area contributed by atoms with Gasteiger partial charge in [0.05, 0.1) is 10.6 Å². The molecule has 1 aromatic rings. The molecular formula is C14H19ClN4O5. The lowest BCUT2D eigenvalue weighted by molar-refractivity contribution is -0.384. The van der Waals surface area contributed by atoms with Crippen molar-refractivity contribution >= 4 is 35.6 Å². The largest absolute Gasteiger partial charge is 0.482 e. The van der Waals surface area contributed by atoms with Crippen molar-refractivity contribution < 1.29 is 19.2 Å². The van der Waals surface area contributed by atoms with E-state index in [-0.39, 0.29) is 48.9 Å². The van der Waals surface area contributed by atoms with Gasteiger partial charge in [0.25, 0.3) is 11.6 Å². The second-order valence-electron chi connectivity index (χ2n) is 5.29. The molecule has 0 aromatic heterocycles. The summed E-state index contributed by atoms with van der Waals surface area (Å²) in [7, 11) is 0. The molecule has 0 spiro atoms. The number of nitro benzene ring substituents is 1. The number of anilines is 1. The lowest BCUT2D eigenvalue weighted by atomic mass is 10.2. The number of fused-ring (bicyclic) bond motifs is 1. The van der Waals surface area contributed by atoms with E-state index in [4.69, 9.17) is 10.5 Å². The Labute approximate surface area is 144 Å². The first-order valence-corrected chi connectivity index (χ1v) is 7.12. The molecule has 1 aromatic carbocycles. The summed E-state index contributed by atoms with van der Waals surface area (Å²) < 4.78 is 5.23. The van der Waals surface area contributed by atoms with E-state index in [1.54, 1.807) is 0 Å². The summed E-state index contributed by atoms with van der Waals surface area (Å²) in [6, 6.07) is 3.89. The molecule has 0 bridgehead atoms. The number of amides is 2. The average Bonchev–Trinajstić information content (AvgIpc) is 2.49. The van der Waals surface area contributed by atoms with E-state index in [2.05, 4.69) is 5.32 Å². The van der Waals surface area contributed by atoms with Gasteiger partial charge < -0.3 is 15.8 Å². The van der Waals surface area contributed by atoms with E-state index in [1.807, 2.05) is 6.92 Å². The van der Waals surface area contributed by atoms with Gasteiger partial charge in [0.2, 0.25) is 5.91 Å². The minimum Gasteiger partial charge on any atom is -0.482 e. The molecule has 132 valence electrons. The highest BCUT2D eigenvalue weighted by molar-refractivity contribution is 6.02. The van der Waals surface area contributed by atoms with Crippen LogP contribution in [0.4, 0.5) is 11.4 Å². The van der Waals surface area contributed by atoms with Crippen LogP contribution in [0, 0.1) is 10.1 Å². The molecule has 0 radical (unpaired) electrons. The third-order valence-electron chi connectivity index (χ3n) is 3.32. The van der Waals surface area contributed by atoms with Gasteiger partial charge in [-0.25, -0.2) is 0 Å². The van der Waals surface area contributed by atoms with Crippen LogP contribution in [-0.4, -0.2) is 42.5 Å². The van der Waals surface area contributed by atoms with Gasteiger partial charge in [-0.2, -0.15) is 0 Å². The molecule has 1 aliphatic rings. The molecule has 3 N–H and O–H groups in total. The number of carbonyl (C=O) groups excluding carboxylic acids is 2. The number of non-ortho nitro benzene ring substituents is 1. The van der Waals surface area contributed by atoms with Gasteiger partial charge >= 0.3 is 0 Å². The highest BCUT2D eigenvalue weighted by atomic mass is 35.5. The van der Waals surface area contributed by atoms with Crippen molar-refractivity contribution in [2.45, 2.75) is 19.4 Å². The van der Waals surface area contributed by atoms with E-state index in [9.17, 15) is 19.7 Å². The van der Waals surface area contributed by atoms with Crippen LogP contribution in [0.25, 0.3) is 0 Å². The predicted molar refractivity (Wildman–Crippen MR) is 89.5 cm³/mol. The minimum absolute atomic E-state index is 0. The Bertz CT molecular complexity index is 638. The fourth-order valence-corrected chi connectivity index (χ4v) is 2.12. The minimum atomic E-state index is -0.569. The number of nitrogens with zero attached hydrogens (tertiary/aromatic N) is 2. The summed E-state index contributed by atoms with van der Waals surface area (Å²) in [6.45, 7) is 1.79. The highest BCUT2D eigenvalue weighted by Gasteiger charge is 2.29. The summed E-state index contributed by atoms with van der Waals surface area (Å²) in [5.41, 5.74) is 5.64. The van der Waals surface area contributed by atoms with Crippen molar-refractivity contribution in [1.82, 2.24) is 5.32 Å². The first kappa shape index (κ1) is 19.7. The Kier molecular flexibility index (Phi) is 6.93. The average molecular weight is 359 g/mol. The quantitative estimate of drug-likeness (QED) is 0.566. The van der Waals surface area contributed by atoms with Crippen molar-refractivity contribution in [3.05, 3.63) is 28.3 Å². The number of nitro groups is 1. The normalized spacial score (nSPS) is 14.1. The molecule has 0 aliphatic carbocycles. The number of ether oxygens (including phenoxy) is 1. The molecule has 1 aliphatic heterocycles. The van der Waals surface area contributed by atoms with Gasteiger partial charge in [-0.3, -0.25) is 24.6 Å². The van der Waals surface area contributed by atoms with Crippen LogP contribution in [-0.2, 0) is 9.59 Å². The number of halogens is 1. The van der Waals surface area contributed by atoms with Gasteiger partial charge in [-0.15, -0.1) is 12.4 Å². The zero-order chi connectivity index (χ0) is 17.0. The van der Waals surface area contributed by atoms with Gasteiger partial charge in [0.15, 0.2) is 6.61 Å². The zero-order valence-electron chi connectivity index (χ0n) is 13.1. The fraction of sp³-hybridized carbons (Fsp3) is 0.429. The number of hydrogen-bond donors (Lipinski definition) is 2. The van der Waals surface area contributed by atoms with Crippen molar-refractivity contribution in [1.29, 1.82) is 0 Å². The van der Waals surface area contributed by atoms with Crippen LogP contribution in [0.3, 0.4) is 0 Å². The van der Waals surface area contributed by atoms with E-state index < -0.39 is 10.8 Å². The number of benzene rings is 1. The summed E-state index contributed by atoms with van der Waals surface area (Å²) in [5, 5.41) is 13.5. The smallest absolute Gasteiger partial charge is 0.271 e. The SMILES string of the molecule is CC(N)CCNC(=O)CN1C(=O)COc2ccc([N+](=O)[O-])cc21.Cl. The second-order valence-corrected chi connectivity index (χ2v) is 5.29. The lowest BCUT2D eigenvalue weighted by Crippen LogP contribution is -2.45. The van der Waals surface area contributed by atoms with E-state index in [1.165, 1.54) is 23.1 Å². The van der Waals surface area contributed by atoms with Crippen molar-refractivity contribution in [2.24, 2.45) is 5.73 Å². The second kappa shape index (κ2) is 8.46. The molecule has 0 saturated heterocycles. The van der Waals surface area contributed by atoms with Gasteiger partial charge in [0.1, 0.15) is 12.3 Å². The highest BCUT2D eigenvalue weighted by Crippen LogP contribution is 2.34. The Morgan fingerprint density at radius 1 is 1.54 bits per heavy atom. The monoisotopic (exact) mass is 358 g/mol. The lowest BCUT2D eigenvalue weighted by Gasteiger charge is -2.28. The van der Waals surface area contributed by atoms with Crippen LogP contribution >= 0.6 is 12.4 Å². The maximum atomic E-state index is 12.0. The maximum absolute atomic E-state index is 12.0. The van der Waals surface area contributed by atoms with E-state index in [0.29, 0.717) is 18.7 Å². The van der Waals surface area contributed by atoms with E-state index >= 15 is 0 Å². The van der Waals surface area contributed by atoms with Crippen LogP contribution in [0.1, 0.15) is 13.3 Å². The van der Waals surface area contributed by atoms with Crippen molar-refractivity contribution in [3.8, 4) is 5.75 Å². The van der Waals surface area contributed by atoms with Crippen molar-refractivity contribution in [3.63, 3.8) is 0 Å². The van der Waals surface area contributed by atoms with Crippen LogP contribution < -0.4 is 20.7 Å². The molecule has 0 fully saturated rings. The van der Waals surface area contributed by atoms with Crippen molar-refractivity contribution in [2.75, 3.05) is 24.6 Å². The van der Waals surface area contributed by atoms with Gasteiger partial charge in [-0.1, -0.05) is 0 Å². The molecule has 0 saturated carbocycles. The Balaban J connectivity index is 0.00000288. The maximum Gasteiger partial charge on any atom is 0.271 e. The molecule has 10 heteroatoms. The predicted octanol–water partition coefficient (Wildman–Crippen LogP) is 0.596. The number of rotatable bonds is 6. The molecule has 2 rings (SSSR count). The zero-order valence-corrected chi connectivity index (χ0v) is 13.9. The third-order valence-corrected chi connectivity index (χ3v) is 3.32. The topological polar surface area (TPSA) is 128 Å². The number of nitrogens with one attached hydrogen (secondary N) is 1. The van der Waals surface area contributed by atoms with E-state index in [0.717, 1.165) is 0 Å². The Morgan fingerprint density at radius 2 is 2.25 bits per heavy atom. The Hall–Kier alpha value is -2.39. The first-order chi connectivity index (χ1) is 10.9. The number of hydrogen-bond acceptors (Lipinski definition) is 6.